The highest BCUT2D eigenvalue weighted by Crippen LogP contribution is 2.30. The van der Waals surface area contributed by atoms with Gasteiger partial charge in [-0.1, -0.05) is 55.2 Å². The van der Waals surface area contributed by atoms with Crippen LogP contribution in [0.5, 0.6) is 0 Å². The lowest BCUT2D eigenvalue weighted by Crippen LogP contribution is -2.38. The molecule has 0 radical (unpaired) electrons. The molecule has 0 amide bonds. The Morgan fingerprint density at radius 1 is 1.19 bits per heavy atom. The summed E-state index contributed by atoms with van der Waals surface area (Å²) in [5, 5.41) is 10.5. The number of hydrogen-bond donors (Lipinski definition) is 0. The Balaban J connectivity index is 1.89. The van der Waals surface area contributed by atoms with E-state index < -0.39 is 0 Å². The maximum Gasteiger partial charge on any atom is 0.101 e. The van der Waals surface area contributed by atoms with Gasteiger partial charge in [-0.05, 0) is 42.2 Å². The zero-order valence-electron chi connectivity index (χ0n) is 15.8. The van der Waals surface area contributed by atoms with Gasteiger partial charge in [-0.2, -0.15) is 5.26 Å². The van der Waals surface area contributed by atoms with E-state index in [2.05, 4.69) is 35.8 Å². The minimum atomic E-state index is 0.393. The Hall–Kier alpha value is -1.73. The van der Waals surface area contributed by atoms with Crippen LogP contribution < -0.4 is 4.90 Å². The molecule has 0 N–H and O–H groups in total. The first kappa shape index (κ1) is 20.0. The summed E-state index contributed by atoms with van der Waals surface area (Å²) in [4.78, 5) is 4.91. The fraction of sp³-hybridized carbons (Fsp3) is 0.409. The molecule has 1 fully saturated rings. The first-order chi connectivity index (χ1) is 13.0. The minimum absolute atomic E-state index is 0.393. The maximum absolute atomic E-state index is 9.18. The number of anilines is 1. The summed E-state index contributed by atoms with van der Waals surface area (Å²) in [6.07, 6.45) is 1.11. The van der Waals surface area contributed by atoms with E-state index in [-0.39, 0.29) is 0 Å². The molecule has 0 spiro atoms. The summed E-state index contributed by atoms with van der Waals surface area (Å²) >= 11 is 12.8. The Morgan fingerprint density at radius 2 is 1.96 bits per heavy atom. The number of likely N-dealkylation sites (tertiary alicyclic amines) is 1. The average molecular weight is 402 g/mol. The molecule has 5 heteroatoms. The molecule has 142 valence electrons. The van der Waals surface area contributed by atoms with E-state index in [0.29, 0.717) is 22.5 Å². The Morgan fingerprint density at radius 3 is 2.63 bits per heavy atom. The smallest absolute Gasteiger partial charge is 0.101 e. The molecule has 0 aromatic heterocycles. The number of halogens is 2. The highest BCUT2D eigenvalue weighted by atomic mass is 35.5. The zero-order valence-corrected chi connectivity index (χ0v) is 17.3. The molecule has 0 saturated carbocycles. The SMILES string of the molecule is CC(C)CN1CC[C@H](N(Cc2ccccc2Cl)c2ccc(C#N)c(Cl)c2)C1. The van der Waals surface area contributed by atoms with Crippen molar-refractivity contribution in [1.29, 1.82) is 5.26 Å². The molecule has 3 rings (SSSR count). The molecule has 2 aromatic carbocycles. The van der Waals surface area contributed by atoms with Gasteiger partial charge in [0.2, 0.25) is 0 Å². The molecule has 0 bridgehead atoms. The van der Waals surface area contributed by atoms with E-state index >= 15 is 0 Å². The van der Waals surface area contributed by atoms with E-state index in [1.54, 1.807) is 6.07 Å². The summed E-state index contributed by atoms with van der Waals surface area (Å²) in [6, 6.07) is 16.2. The lowest BCUT2D eigenvalue weighted by atomic mass is 10.1. The molecule has 1 aliphatic rings. The normalized spacial score (nSPS) is 17.3. The van der Waals surface area contributed by atoms with Crippen LogP contribution in [0.3, 0.4) is 0 Å². The molecule has 1 atom stereocenters. The second-order valence-corrected chi connectivity index (χ2v) is 8.41. The fourth-order valence-corrected chi connectivity index (χ4v) is 4.18. The lowest BCUT2D eigenvalue weighted by Gasteiger charge is -2.32. The Labute approximate surface area is 172 Å². The summed E-state index contributed by atoms with van der Waals surface area (Å²) in [7, 11) is 0. The van der Waals surface area contributed by atoms with Crippen molar-refractivity contribution in [2.24, 2.45) is 5.92 Å². The first-order valence-electron chi connectivity index (χ1n) is 9.40. The van der Waals surface area contributed by atoms with Crippen molar-refractivity contribution >= 4 is 28.9 Å². The second-order valence-electron chi connectivity index (χ2n) is 7.59. The number of nitriles is 1. The zero-order chi connectivity index (χ0) is 19.4. The molecule has 0 unspecified atom stereocenters. The molecular formula is C22H25Cl2N3. The van der Waals surface area contributed by atoms with Gasteiger partial charge in [0.15, 0.2) is 0 Å². The Kier molecular flexibility index (Phi) is 6.65. The molecule has 2 aromatic rings. The lowest BCUT2D eigenvalue weighted by molar-refractivity contribution is 0.293. The predicted octanol–water partition coefficient (Wildman–Crippen LogP) is 5.60. The highest BCUT2D eigenvalue weighted by Gasteiger charge is 2.29. The summed E-state index contributed by atoms with van der Waals surface area (Å²) in [5.41, 5.74) is 2.64. The number of hydrogen-bond acceptors (Lipinski definition) is 3. The minimum Gasteiger partial charge on any atom is -0.363 e. The average Bonchev–Trinajstić information content (AvgIpc) is 3.08. The monoisotopic (exact) mass is 401 g/mol. The van der Waals surface area contributed by atoms with Crippen LogP contribution in [0.15, 0.2) is 42.5 Å². The molecule has 1 heterocycles. The molecule has 27 heavy (non-hydrogen) atoms. The highest BCUT2D eigenvalue weighted by molar-refractivity contribution is 6.32. The Bertz CT molecular complexity index is 829. The van der Waals surface area contributed by atoms with Crippen LogP contribution in [0.25, 0.3) is 0 Å². The van der Waals surface area contributed by atoms with Crippen LogP contribution in [0.1, 0.15) is 31.4 Å². The predicted molar refractivity (Wildman–Crippen MR) is 113 cm³/mol. The van der Waals surface area contributed by atoms with Crippen LogP contribution >= 0.6 is 23.2 Å². The molecular weight excluding hydrogens is 377 g/mol. The van der Waals surface area contributed by atoms with E-state index in [0.717, 1.165) is 48.9 Å². The summed E-state index contributed by atoms with van der Waals surface area (Å²) in [5.74, 6) is 0.658. The second kappa shape index (κ2) is 8.97. The van der Waals surface area contributed by atoms with Crippen molar-refractivity contribution in [2.75, 3.05) is 24.5 Å². The third-order valence-electron chi connectivity index (χ3n) is 5.01. The van der Waals surface area contributed by atoms with Gasteiger partial charge in [-0.15, -0.1) is 0 Å². The van der Waals surface area contributed by atoms with Crippen LogP contribution in [0.4, 0.5) is 5.69 Å². The quantitative estimate of drug-likeness (QED) is 0.630. The standard InChI is InChI=1S/C22H25Cl2N3/c1-16(2)13-26-10-9-20(15-26)27(14-18-5-3-4-6-21(18)23)19-8-7-17(12-25)22(24)11-19/h3-8,11,16,20H,9-10,13-15H2,1-2H3/t20-/m0/s1. The van der Waals surface area contributed by atoms with Crippen LogP contribution in [0, 0.1) is 17.2 Å². The number of benzene rings is 2. The molecule has 3 nitrogen and oxygen atoms in total. The van der Waals surface area contributed by atoms with Gasteiger partial charge in [-0.25, -0.2) is 0 Å². The van der Waals surface area contributed by atoms with Crippen LogP contribution in [-0.2, 0) is 6.54 Å². The van der Waals surface area contributed by atoms with Gasteiger partial charge in [0.1, 0.15) is 6.07 Å². The molecule has 1 aliphatic heterocycles. The van der Waals surface area contributed by atoms with Crippen molar-refractivity contribution < 1.29 is 0 Å². The van der Waals surface area contributed by atoms with Gasteiger partial charge in [0, 0.05) is 42.9 Å². The van der Waals surface area contributed by atoms with Crippen molar-refractivity contribution in [1.82, 2.24) is 4.90 Å². The molecule has 1 saturated heterocycles. The maximum atomic E-state index is 9.18. The van der Waals surface area contributed by atoms with Gasteiger partial charge >= 0.3 is 0 Å². The summed E-state index contributed by atoms with van der Waals surface area (Å²) in [6.45, 7) is 8.49. The van der Waals surface area contributed by atoms with E-state index in [1.807, 2.05) is 30.3 Å². The number of rotatable bonds is 6. The van der Waals surface area contributed by atoms with Crippen molar-refractivity contribution in [3.8, 4) is 6.07 Å². The first-order valence-corrected chi connectivity index (χ1v) is 10.2. The van der Waals surface area contributed by atoms with Gasteiger partial charge in [0.05, 0.1) is 10.6 Å². The van der Waals surface area contributed by atoms with E-state index in [1.165, 1.54) is 0 Å². The van der Waals surface area contributed by atoms with Gasteiger partial charge in [0.25, 0.3) is 0 Å². The molecule has 0 aliphatic carbocycles. The van der Waals surface area contributed by atoms with Gasteiger partial charge in [-0.3, -0.25) is 0 Å². The van der Waals surface area contributed by atoms with E-state index in [9.17, 15) is 5.26 Å². The fourth-order valence-electron chi connectivity index (χ4n) is 3.76. The van der Waals surface area contributed by atoms with Gasteiger partial charge < -0.3 is 9.80 Å². The van der Waals surface area contributed by atoms with Crippen molar-refractivity contribution in [3.63, 3.8) is 0 Å². The summed E-state index contributed by atoms with van der Waals surface area (Å²) < 4.78 is 0. The largest absolute Gasteiger partial charge is 0.363 e. The topological polar surface area (TPSA) is 30.3 Å². The van der Waals surface area contributed by atoms with Crippen LogP contribution in [0.2, 0.25) is 10.0 Å². The number of nitrogens with zero attached hydrogens (tertiary/aromatic N) is 3. The van der Waals surface area contributed by atoms with Crippen molar-refractivity contribution in [2.45, 2.75) is 32.9 Å². The van der Waals surface area contributed by atoms with Crippen LogP contribution in [-0.4, -0.2) is 30.6 Å². The third-order valence-corrected chi connectivity index (χ3v) is 5.70. The van der Waals surface area contributed by atoms with E-state index in [4.69, 9.17) is 23.2 Å². The van der Waals surface area contributed by atoms with Crippen molar-refractivity contribution in [3.05, 3.63) is 63.6 Å². The third kappa shape index (κ3) is 4.96.